The van der Waals surface area contributed by atoms with Crippen molar-refractivity contribution in [2.75, 3.05) is 0 Å². The van der Waals surface area contributed by atoms with Crippen molar-refractivity contribution in [1.29, 1.82) is 0 Å². The van der Waals surface area contributed by atoms with E-state index in [9.17, 15) is 4.79 Å². The molecule has 0 radical (unpaired) electrons. The minimum absolute atomic E-state index is 0.0222. The summed E-state index contributed by atoms with van der Waals surface area (Å²) in [5.74, 6) is 0. The van der Waals surface area contributed by atoms with Crippen LogP contribution in [0.4, 0.5) is 0 Å². The van der Waals surface area contributed by atoms with E-state index in [4.69, 9.17) is 0 Å². The molecule has 0 aliphatic rings. The van der Waals surface area contributed by atoms with Gasteiger partial charge in [0.05, 0.1) is 17.4 Å². The van der Waals surface area contributed by atoms with E-state index < -0.39 is 0 Å². The first kappa shape index (κ1) is 14.8. The van der Waals surface area contributed by atoms with Crippen LogP contribution < -0.4 is 5.56 Å². The molecular formula is C19H15N3OS. The molecule has 0 saturated carbocycles. The second kappa shape index (κ2) is 6.02. The summed E-state index contributed by atoms with van der Waals surface area (Å²) >= 11 is 1.48. The molecule has 0 bridgehead atoms. The van der Waals surface area contributed by atoms with Gasteiger partial charge in [0.2, 0.25) is 0 Å². The highest BCUT2D eigenvalue weighted by atomic mass is 32.2. The first-order valence-electron chi connectivity index (χ1n) is 7.59. The number of imidazole rings is 1. The number of para-hydroxylation sites is 1. The fraction of sp³-hybridized carbons (Fsp3) is 0.0526. The average molecular weight is 333 g/mol. The number of hydrogen-bond donors (Lipinski definition) is 1. The molecule has 0 aliphatic carbocycles. The third kappa shape index (κ3) is 2.63. The van der Waals surface area contributed by atoms with Crippen LogP contribution >= 0.6 is 11.8 Å². The Hall–Kier alpha value is -2.79. The minimum Gasteiger partial charge on any atom is -0.333 e. The van der Waals surface area contributed by atoms with Gasteiger partial charge in [-0.2, -0.15) is 0 Å². The lowest BCUT2D eigenvalue weighted by Crippen LogP contribution is -2.16. The summed E-state index contributed by atoms with van der Waals surface area (Å²) in [6.07, 6.45) is 1.82. The van der Waals surface area contributed by atoms with E-state index in [0.29, 0.717) is 0 Å². The van der Waals surface area contributed by atoms with Crippen molar-refractivity contribution in [1.82, 2.24) is 14.5 Å². The van der Waals surface area contributed by atoms with Gasteiger partial charge in [-0.05, 0) is 11.6 Å². The SMILES string of the molecule is Cn1c(=O)cc(Sc2ncc(-c3ccccc3)[nH]2)c2ccccc21. The molecule has 0 unspecified atom stereocenters. The first-order valence-corrected chi connectivity index (χ1v) is 8.41. The Kier molecular flexibility index (Phi) is 3.70. The highest BCUT2D eigenvalue weighted by molar-refractivity contribution is 7.99. The van der Waals surface area contributed by atoms with Crippen molar-refractivity contribution in [2.45, 2.75) is 10.1 Å². The molecule has 0 atom stereocenters. The van der Waals surface area contributed by atoms with Crippen LogP contribution in [0.25, 0.3) is 22.2 Å². The van der Waals surface area contributed by atoms with Crippen LogP contribution in [0.15, 0.2) is 81.7 Å². The van der Waals surface area contributed by atoms with Crippen LogP contribution in [0.5, 0.6) is 0 Å². The Labute approximate surface area is 143 Å². The predicted molar refractivity (Wildman–Crippen MR) is 97.3 cm³/mol. The topological polar surface area (TPSA) is 50.7 Å². The zero-order valence-electron chi connectivity index (χ0n) is 13.1. The molecule has 0 spiro atoms. The number of aryl methyl sites for hydroxylation is 1. The molecule has 2 aromatic carbocycles. The van der Waals surface area contributed by atoms with Crippen molar-refractivity contribution < 1.29 is 0 Å². The molecule has 2 aromatic heterocycles. The fourth-order valence-corrected chi connectivity index (χ4v) is 3.60. The van der Waals surface area contributed by atoms with Crippen molar-refractivity contribution in [2.24, 2.45) is 7.05 Å². The number of pyridine rings is 1. The quantitative estimate of drug-likeness (QED) is 0.614. The van der Waals surface area contributed by atoms with Crippen LogP contribution in [-0.2, 0) is 7.05 Å². The van der Waals surface area contributed by atoms with Gasteiger partial charge in [0.1, 0.15) is 0 Å². The van der Waals surface area contributed by atoms with E-state index >= 15 is 0 Å². The summed E-state index contributed by atoms with van der Waals surface area (Å²) < 4.78 is 1.66. The fourth-order valence-electron chi connectivity index (χ4n) is 2.69. The maximum Gasteiger partial charge on any atom is 0.251 e. The molecule has 4 nitrogen and oxygen atoms in total. The number of nitrogens with one attached hydrogen (secondary N) is 1. The van der Waals surface area contributed by atoms with Gasteiger partial charge in [0.25, 0.3) is 5.56 Å². The number of fused-ring (bicyclic) bond motifs is 1. The van der Waals surface area contributed by atoms with Gasteiger partial charge in [0, 0.05) is 23.4 Å². The molecule has 0 fully saturated rings. The van der Waals surface area contributed by atoms with E-state index in [1.807, 2.05) is 60.8 Å². The zero-order chi connectivity index (χ0) is 16.5. The average Bonchev–Trinajstić information content (AvgIpc) is 3.09. The van der Waals surface area contributed by atoms with Gasteiger partial charge in [0.15, 0.2) is 5.16 Å². The van der Waals surface area contributed by atoms with Crippen molar-refractivity contribution in [3.8, 4) is 11.3 Å². The maximum absolute atomic E-state index is 12.2. The number of aromatic nitrogens is 3. The summed E-state index contributed by atoms with van der Waals surface area (Å²) in [4.78, 5) is 20.9. The Bertz CT molecular complexity index is 1070. The number of H-pyrrole nitrogens is 1. The molecule has 2 heterocycles. The van der Waals surface area contributed by atoms with Crippen LogP contribution in [0.1, 0.15) is 0 Å². The van der Waals surface area contributed by atoms with Gasteiger partial charge in [-0.15, -0.1) is 0 Å². The lowest BCUT2D eigenvalue weighted by atomic mass is 10.2. The number of nitrogens with zero attached hydrogens (tertiary/aromatic N) is 2. The zero-order valence-corrected chi connectivity index (χ0v) is 13.9. The maximum atomic E-state index is 12.2. The molecule has 4 aromatic rings. The van der Waals surface area contributed by atoms with E-state index in [-0.39, 0.29) is 5.56 Å². The van der Waals surface area contributed by atoms with Gasteiger partial charge < -0.3 is 9.55 Å². The first-order chi connectivity index (χ1) is 11.7. The number of aromatic amines is 1. The molecule has 4 rings (SSSR count). The minimum atomic E-state index is -0.0222. The smallest absolute Gasteiger partial charge is 0.251 e. The van der Waals surface area contributed by atoms with E-state index in [0.717, 1.165) is 32.2 Å². The summed E-state index contributed by atoms with van der Waals surface area (Å²) in [6.45, 7) is 0. The lowest BCUT2D eigenvalue weighted by Gasteiger charge is -2.08. The monoisotopic (exact) mass is 333 g/mol. The van der Waals surface area contributed by atoms with Crippen molar-refractivity contribution >= 4 is 22.7 Å². The molecular weight excluding hydrogens is 318 g/mol. The molecule has 5 heteroatoms. The number of benzene rings is 2. The Morgan fingerprint density at radius 3 is 2.62 bits per heavy atom. The van der Waals surface area contributed by atoms with Crippen LogP contribution in [0.3, 0.4) is 0 Å². The predicted octanol–water partition coefficient (Wildman–Crippen LogP) is 4.08. The molecule has 0 aliphatic heterocycles. The third-order valence-electron chi connectivity index (χ3n) is 3.96. The second-order valence-electron chi connectivity index (χ2n) is 5.49. The Balaban J connectivity index is 1.74. The Morgan fingerprint density at radius 1 is 1.04 bits per heavy atom. The highest BCUT2D eigenvalue weighted by Gasteiger charge is 2.10. The third-order valence-corrected chi connectivity index (χ3v) is 4.92. The number of rotatable bonds is 3. The molecule has 0 amide bonds. The molecule has 0 saturated heterocycles. The van der Waals surface area contributed by atoms with Gasteiger partial charge in [-0.3, -0.25) is 4.79 Å². The van der Waals surface area contributed by atoms with E-state index in [1.54, 1.807) is 17.7 Å². The second-order valence-corrected chi connectivity index (χ2v) is 6.52. The summed E-state index contributed by atoms with van der Waals surface area (Å²) in [7, 11) is 1.79. The number of hydrogen-bond acceptors (Lipinski definition) is 3. The van der Waals surface area contributed by atoms with Crippen LogP contribution in [-0.4, -0.2) is 14.5 Å². The standard InChI is InChI=1S/C19H15N3OS/c1-22-16-10-6-5-9-14(16)17(11-18(22)23)24-19-20-12-15(21-19)13-7-3-2-4-8-13/h2-12H,1H3,(H,20,21). The summed E-state index contributed by atoms with van der Waals surface area (Å²) in [5, 5.41) is 1.81. The van der Waals surface area contributed by atoms with Crippen molar-refractivity contribution in [3.05, 3.63) is 77.2 Å². The van der Waals surface area contributed by atoms with Gasteiger partial charge in [-0.25, -0.2) is 4.98 Å². The largest absolute Gasteiger partial charge is 0.333 e. The van der Waals surface area contributed by atoms with Crippen molar-refractivity contribution in [3.63, 3.8) is 0 Å². The highest BCUT2D eigenvalue weighted by Crippen LogP contribution is 2.31. The summed E-state index contributed by atoms with van der Waals surface area (Å²) in [5.41, 5.74) is 2.95. The molecule has 1 N–H and O–H groups in total. The van der Waals surface area contributed by atoms with Crippen LogP contribution in [0, 0.1) is 0 Å². The summed E-state index contributed by atoms with van der Waals surface area (Å²) in [6, 6.07) is 19.6. The molecule has 24 heavy (non-hydrogen) atoms. The van der Waals surface area contributed by atoms with Crippen LogP contribution in [0.2, 0.25) is 0 Å². The molecule has 118 valence electrons. The Morgan fingerprint density at radius 2 is 1.79 bits per heavy atom. The van der Waals surface area contributed by atoms with E-state index in [2.05, 4.69) is 9.97 Å². The van der Waals surface area contributed by atoms with E-state index in [1.165, 1.54) is 11.8 Å². The lowest BCUT2D eigenvalue weighted by molar-refractivity contribution is 0.898. The van der Waals surface area contributed by atoms with Gasteiger partial charge in [-0.1, -0.05) is 60.3 Å². The normalized spacial score (nSPS) is 11.0. The van der Waals surface area contributed by atoms with Gasteiger partial charge >= 0.3 is 0 Å².